The van der Waals surface area contributed by atoms with Crippen LogP contribution in [-0.4, -0.2) is 5.84 Å². The van der Waals surface area contributed by atoms with E-state index in [1.807, 2.05) is 20.8 Å². The topological polar surface area (TPSA) is 38.4 Å². The van der Waals surface area contributed by atoms with Crippen LogP contribution < -0.4 is 5.73 Å². The first-order valence-electron chi connectivity index (χ1n) is 4.61. The molecule has 1 aromatic rings. The lowest BCUT2D eigenvalue weighted by molar-refractivity contribution is 0.627. The highest BCUT2D eigenvalue weighted by atomic mass is 19.1. The molecule has 0 aliphatic carbocycles. The molecule has 0 heterocycles. The van der Waals surface area contributed by atoms with Gasteiger partial charge in [-0.05, 0) is 30.7 Å². The molecule has 0 aliphatic heterocycles. The van der Waals surface area contributed by atoms with Gasteiger partial charge in [0.25, 0.3) is 0 Å². The number of aliphatic imine (C=N–C) groups is 1. The second kappa shape index (κ2) is 4.22. The molecule has 0 fully saturated rings. The third kappa shape index (κ3) is 2.55. The number of aryl methyl sites for hydroxylation is 1. The van der Waals surface area contributed by atoms with Gasteiger partial charge in [0.1, 0.15) is 11.7 Å². The summed E-state index contributed by atoms with van der Waals surface area (Å²) < 4.78 is 12.8. The van der Waals surface area contributed by atoms with E-state index in [0.29, 0.717) is 5.84 Å². The van der Waals surface area contributed by atoms with E-state index in [2.05, 4.69) is 4.99 Å². The van der Waals surface area contributed by atoms with Crippen LogP contribution in [0.2, 0.25) is 0 Å². The third-order valence-corrected chi connectivity index (χ3v) is 2.00. The average molecular weight is 194 g/mol. The second-order valence-electron chi connectivity index (χ2n) is 3.62. The van der Waals surface area contributed by atoms with Crippen molar-refractivity contribution >= 4 is 11.5 Å². The highest BCUT2D eigenvalue weighted by molar-refractivity contribution is 5.85. The van der Waals surface area contributed by atoms with Crippen LogP contribution in [0.5, 0.6) is 0 Å². The van der Waals surface area contributed by atoms with Gasteiger partial charge in [-0.15, -0.1) is 0 Å². The summed E-state index contributed by atoms with van der Waals surface area (Å²) >= 11 is 0. The molecule has 0 amide bonds. The van der Waals surface area contributed by atoms with Crippen molar-refractivity contribution in [2.45, 2.75) is 20.8 Å². The first-order valence-corrected chi connectivity index (χ1v) is 4.61. The van der Waals surface area contributed by atoms with Gasteiger partial charge in [-0.2, -0.15) is 0 Å². The molecule has 0 spiro atoms. The molecule has 1 rings (SSSR count). The molecule has 0 saturated carbocycles. The first kappa shape index (κ1) is 10.7. The number of benzene rings is 1. The minimum absolute atomic E-state index is 0.208. The molecule has 0 saturated heterocycles. The summed E-state index contributed by atoms with van der Waals surface area (Å²) in [6.07, 6.45) is 0. The van der Waals surface area contributed by atoms with Crippen LogP contribution in [-0.2, 0) is 0 Å². The first-order chi connectivity index (χ1) is 6.50. The van der Waals surface area contributed by atoms with E-state index in [-0.39, 0.29) is 11.7 Å². The molecule has 3 heteroatoms. The number of nitrogens with two attached hydrogens (primary N) is 1. The Morgan fingerprint density at radius 3 is 2.57 bits per heavy atom. The highest BCUT2D eigenvalue weighted by Gasteiger charge is 2.02. The van der Waals surface area contributed by atoms with Gasteiger partial charge < -0.3 is 5.73 Å². The van der Waals surface area contributed by atoms with E-state index in [1.165, 1.54) is 12.1 Å². The fraction of sp³-hybridized carbons (Fsp3) is 0.364. The molecule has 14 heavy (non-hydrogen) atoms. The van der Waals surface area contributed by atoms with Crippen molar-refractivity contribution in [1.29, 1.82) is 0 Å². The smallest absolute Gasteiger partial charge is 0.123 e. The van der Waals surface area contributed by atoms with Crippen molar-refractivity contribution in [2.24, 2.45) is 16.6 Å². The van der Waals surface area contributed by atoms with Crippen molar-refractivity contribution < 1.29 is 4.39 Å². The van der Waals surface area contributed by atoms with Crippen LogP contribution in [0.15, 0.2) is 23.2 Å². The van der Waals surface area contributed by atoms with Gasteiger partial charge in [0.15, 0.2) is 0 Å². The normalized spacial score (nSPS) is 12.2. The molecule has 0 radical (unpaired) electrons. The summed E-state index contributed by atoms with van der Waals surface area (Å²) in [6.45, 7) is 5.75. The van der Waals surface area contributed by atoms with Crippen LogP contribution in [0.4, 0.5) is 10.1 Å². The molecular formula is C11H15FN2. The van der Waals surface area contributed by atoms with E-state index < -0.39 is 0 Å². The minimum atomic E-state index is -0.246. The Balaban J connectivity index is 3.03. The maximum atomic E-state index is 12.8. The number of amidine groups is 1. The zero-order valence-electron chi connectivity index (χ0n) is 8.71. The number of hydrogen-bond donors (Lipinski definition) is 1. The van der Waals surface area contributed by atoms with Crippen LogP contribution in [0.3, 0.4) is 0 Å². The van der Waals surface area contributed by atoms with E-state index in [4.69, 9.17) is 5.73 Å². The van der Waals surface area contributed by atoms with Crippen LogP contribution in [0.1, 0.15) is 19.4 Å². The van der Waals surface area contributed by atoms with Crippen molar-refractivity contribution in [1.82, 2.24) is 0 Å². The fourth-order valence-electron chi connectivity index (χ4n) is 1.01. The maximum Gasteiger partial charge on any atom is 0.123 e. The molecule has 1 aromatic carbocycles. The van der Waals surface area contributed by atoms with Gasteiger partial charge in [0.2, 0.25) is 0 Å². The van der Waals surface area contributed by atoms with E-state index >= 15 is 0 Å². The summed E-state index contributed by atoms with van der Waals surface area (Å²) in [6, 6.07) is 4.48. The second-order valence-corrected chi connectivity index (χ2v) is 3.62. The third-order valence-electron chi connectivity index (χ3n) is 2.00. The Morgan fingerprint density at radius 2 is 2.07 bits per heavy atom. The van der Waals surface area contributed by atoms with Gasteiger partial charge in [-0.3, -0.25) is 0 Å². The summed E-state index contributed by atoms with van der Waals surface area (Å²) in [5, 5.41) is 0. The molecular weight excluding hydrogens is 179 g/mol. The quantitative estimate of drug-likeness (QED) is 0.570. The molecule has 0 unspecified atom stereocenters. The lowest BCUT2D eigenvalue weighted by Gasteiger charge is -2.05. The van der Waals surface area contributed by atoms with Gasteiger partial charge >= 0.3 is 0 Å². The number of halogens is 1. The molecule has 76 valence electrons. The SMILES string of the molecule is Cc1cc(F)ccc1N=C(N)C(C)C. The fourth-order valence-corrected chi connectivity index (χ4v) is 1.01. The van der Waals surface area contributed by atoms with E-state index in [1.54, 1.807) is 6.07 Å². The lowest BCUT2D eigenvalue weighted by Crippen LogP contribution is -2.18. The minimum Gasteiger partial charge on any atom is -0.387 e. The molecule has 2 nitrogen and oxygen atoms in total. The Labute approximate surface area is 83.7 Å². The van der Waals surface area contributed by atoms with Gasteiger partial charge in [-0.1, -0.05) is 13.8 Å². The lowest BCUT2D eigenvalue weighted by atomic mass is 10.2. The van der Waals surface area contributed by atoms with E-state index in [0.717, 1.165) is 11.3 Å². The number of nitrogens with zero attached hydrogens (tertiary/aromatic N) is 1. The largest absolute Gasteiger partial charge is 0.387 e. The highest BCUT2D eigenvalue weighted by Crippen LogP contribution is 2.19. The van der Waals surface area contributed by atoms with Crippen molar-refractivity contribution in [2.75, 3.05) is 0 Å². The van der Waals surface area contributed by atoms with Crippen LogP contribution >= 0.6 is 0 Å². The van der Waals surface area contributed by atoms with Crippen molar-refractivity contribution in [3.05, 3.63) is 29.6 Å². The van der Waals surface area contributed by atoms with Crippen molar-refractivity contribution in [3.8, 4) is 0 Å². The molecule has 0 atom stereocenters. The average Bonchev–Trinajstić information content (AvgIpc) is 2.09. The Kier molecular flexibility index (Phi) is 3.23. The van der Waals surface area contributed by atoms with Crippen LogP contribution in [0, 0.1) is 18.7 Å². The summed E-state index contributed by atoms with van der Waals surface area (Å²) in [5.41, 5.74) is 7.25. The van der Waals surface area contributed by atoms with Crippen molar-refractivity contribution in [3.63, 3.8) is 0 Å². The number of hydrogen-bond acceptors (Lipinski definition) is 1. The Morgan fingerprint density at radius 1 is 1.43 bits per heavy atom. The molecule has 0 aromatic heterocycles. The number of rotatable bonds is 2. The summed E-state index contributed by atoms with van der Waals surface area (Å²) in [5.74, 6) is 0.531. The monoisotopic (exact) mass is 194 g/mol. The zero-order chi connectivity index (χ0) is 10.7. The standard InChI is InChI=1S/C11H15FN2/c1-7(2)11(13)14-10-5-4-9(12)6-8(10)3/h4-7H,1-3H3,(H2,13,14). The zero-order valence-corrected chi connectivity index (χ0v) is 8.71. The summed E-state index contributed by atoms with van der Waals surface area (Å²) in [4.78, 5) is 4.23. The molecule has 2 N–H and O–H groups in total. The Hall–Kier alpha value is -1.38. The molecule has 0 bridgehead atoms. The van der Waals surface area contributed by atoms with Gasteiger partial charge in [0.05, 0.1) is 5.69 Å². The molecule has 0 aliphatic rings. The Bertz CT molecular complexity index is 356. The predicted molar refractivity (Wildman–Crippen MR) is 57.3 cm³/mol. The van der Waals surface area contributed by atoms with Gasteiger partial charge in [0, 0.05) is 5.92 Å². The van der Waals surface area contributed by atoms with Crippen LogP contribution in [0.25, 0.3) is 0 Å². The van der Waals surface area contributed by atoms with Gasteiger partial charge in [-0.25, -0.2) is 9.38 Å². The summed E-state index contributed by atoms with van der Waals surface area (Å²) in [7, 11) is 0. The maximum absolute atomic E-state index is 12.8. The van der Waals surface area contributed by atoms with E-state index in [9.17, 15) is 4.39 Å². The predicted octanol–water partition coefficient (Wildman–Crippen LogP) is 2.78.